The van der Waals surface area contributed by atoms with Gasteiger partial charge in [-0.15, -0.1) is 0 Å². The van der Waals surface area contributed by atoms with Crippen LogP contribution in [0.25, 0.3) is 10.9 Å². The summed E-state index contributed by atoms with van der Waals surface area (Å²) in [4.78, 5) is 14.2. The monoisotopic (exact) mass is 223 g/mol. The van der Waals surface area contributed by atoms with Gasteiger partial charge in [-0.05, 0) is 30.7 Å². The number of benzene rings is 1. The summed E-state index contributed by atoms with van der Waals surface area (Å²) in [6, 6.07) is 3.36. The molecule has 0 spiro atoms. The number of aromatic nitrogens is 1. The summed E-state index contributed by atoms with van der Waals surface area (Å²) in [5.41, 5.74) is -0.410. The van der Waals surface area contributed by atoms with Gasteiger partial charge in [0.1, 0.15) is 22.8 Å². The van der Waals surface area contributed by atoms with Crippen LogP contribution in [0.3, 0.4) is 0 Å². The van der Waals surface area contributed by atoms with Gasteiger partial charge in [0, 0.05) is 5.39 Å². The summed E-state index contributed by atoms with van der Waals surface area (Å²) in [7, 11) is 0. The molecule has 0 atom stereocenters. The number of aromatic carboxylic acids is 1. The number of hydrogen-bond acceptors (Lipinski definition) is 2. The number of carbonyl (C=O) groups is 1. The number of halogens is 2. The minimum atomic E-state index is -1.28. The maximum absolute atomic E-state index is 13.6. The number of carboxylic acids is 1. The van der Waals surface area contributed by atoms with Crippen molar-refractivity contribution >= 4 is 16.9 Å². The lowest BCUT2D eigenvalue weighted by Gasteiger charge is -2.04. The van der Waals surface area contributed by atoms with Crippen LogP contribution in [0.5, 0.6) is 0 Å². The van der Waals surface area contributed by atoms with Crippen LogP contribution in [0.2, 0.25) is 0 Å². The van der Waals surface area contributed by atoms with Crippen LogP contribution >= 0.6 is 0 Å². The van der Waals surface area contributed by atoms with Gasteiger partial charge in [0.05, 0.1) is 0 Å². The predicted molar refractivity (Wildman–Crippen MR) is 53.4 cm³/mol. The van der Waals surface area contributed by atoms with Crippen LogP contribution in [0.4, 0.5) is 8.78 Å². The summed E-state index contributed by atoms with van der Waals surface area (Å²) in [5.74, 6) is -2.58. The van der Waals surface area contributed by atoms with Crippen LogP contribution in [0.1, 0.15) is 16.1 Å². The molecule has 1 aromatic carbocycles. The quantitative estimate of drug-likeness (QED) is 0.808. The zero-order valence-electron chi connectivity index (χ0n) is 8.29. The molecule has 1 aromatic heterocycles. The zero-order valence-corrected chi connectivity index (χ0v) is 8.29. The van der Waals surface area contributed by atoms with E-state index >= 15 is 0 Å². The highest BCUT2D eigenvalue weighted by molar-refractivity contribution is 5.90. The smallest absolute Gasteiger partial charge is 0.354 e. The topological polar surface area (TPSA) is 50.2 Å². The Bertz CT molecular complexity index is 596. The Labute approximate surface area is 89.3 Å². The third-order valence-corrected chi connectivity index (χ3v) is 2.27. The van der Waals surface area contributed by atoms with Gasteiger partial charge in [0.25, 0.3) is 0 Å². The summed E-state index contributed by atoms with van der Waals surface area (Å²) in [6.07, 6.45) is 0. The van der Waals surface area contributed by atoms with Gasteiger partial charge in [0.2, 0.25) is 0 Å². The van der Waals surface area contributed by atoms with Crippen molar-refractivity contribution in [2.45, 2.75) is 6.92 Å². The van der Waals surface area contributed by atoms with Gasteiger partial charge in [-0.1, -0.05) is 0 Å². The van der Waals surface area contributed by atoms with Crippen molar-refractivity contribution < 1.29 is 18.7 Å². The third kappa shape index (κ3) is 1.50. The van der Waals surface area contributed by atoms with Crippen molar-refractivity contribution in [3.8, 4) is 0 Å². The molecule has 2 aromatic rings. The molecule has 0 radical (unpaired) electrons. The zero-order chi connectivity index (χ0) is 11.9. The lowest BCUT2D eigenvalue weighted by molar-refractivity contribution is 0.0691. The van der Waals surface area contributed by atoms with Crippen molar-refractivity contribution in [3.05, 3.63) is 41.1 Å². The van der Waals surface area contributed by atoms with Gasteiger partial charge in [-0.2, -0.15) is 0 Å². The molecule has 82 valence electrons. The minimum Gasteiger partial charge on any atom is -0.477 e. The second-order valence-corrected chi connectivity index (χ2v) is 3.39. The van der Waals surface area contributed by atoms with E-state index in [0.29, 0.717) is 0 Å². The van der Waals surface area contributed by atoms with E-state index in [1.807, 2.05) is 0 Å². The molecule has 0 saturated heterocycles. The highest BCUT2D eigenvalue weighted by Gasteiger charge is 2.13. The minimum absolute atomic E-state index is 0.0116. The van der Waals surface area contributed by atoms with Gasteiger partial charge in [-0.3, -0.25) is 0 Å². The molecular weight excluding hydrogens is 216 g/mol. The number of nitrogens with zero attached hydrogens (tertiary/aromatic N) is 1. The van der Waals surface area contributed by atoms with Crippen LogP contribution in [0.15, 0.2) is 18.2 Å². The highest BCUT2D eigenvalue weighted by Crippen LogP contribution is 2.22. The lowest BCUT2D eigenvalue weighted by atomic mass is 10.1. The summed E-state index contributed by atoms with van der Waals surface area (Å²) in [5, 5.41) is 8.67. The molecule has 0 aliphatic rings. The first-order valence-electron chi connectivity index (χ1n) is 4.49. The lowest BCUT2D eigenvalue weighted by Crippen LogP contribution is -2.02. The van der Waals surface area contributed by atoms with E-state index in [0.717, 1.165) is 12.1 Å². The molecular formula is C11H7F2NO2. The molecule has 0 amide bonds. The van der Waals surface area contributed by atoms with E-state index in [-0.39, 0.29) is 22.2 Å². The molecule has 1 heterocycles. The third-order valence-electron chi connectivity index (χ3n) is 2.27. The molecule has 16 heavy (non-hydrogen) atoms. The maximum Gasteiger partial charge on any atom is 0.354 e. The van der Waals surface area contributed by atoms with Crippen molar-refractivity contribution in [1.29, 1.82) is 0 Å². The molecule has 5 heteroatoms. The standard InChI is InChI=1S/C11H7F2NO2/c1-5-4-7(12)10-6(9(5)13)2-3-8(14-10)11(15)16/h2-4H,1H3,(H,15,16). The Morgan fingerprint density at radius 3 is 2.69 bits per heavy atom. The SMILES string of the molecule is Cc1cc(F)c2nc(C(=O)O)ccc2c1F. The van der Waals surface area contributed by atoms with E-state index in [2.05, 4.69) is 4.98 Å². The first-order valence-corrected chi connectivity index (χ1v) is 4.49. The van der Waals surface area contributed by atoms with Crippen molar-refractivity contribution in [2.24, 2.45) is 0 Å². The Hall–Kier alpha value is -2.04. The van der Waals surface area contributed by atoms with E-state index in [1.165, 1.54) is 13.0 Å². The fourth-order valence-electron chi connectivity index (χ4n) is 1.47. The van der Waals surface area contributed by atoms with E-state index < -0.39 is 17.6 Å². The Morgan fingerprint density at radius 2 is 2.06 bits per heavy atom. The Balaban J connectivity index is 2.84. The molecule has 0 bridgehead atoms. The van der Waals surface area contributed by atoms with Crippen molar-refractivity contribution in [3.63, 3.8) is 0 Å². The number of carboxylic acid groups (broad SMARTS) is 1. The number of rotatable bonds is 1. The second kappa shape index (κ2) is 3.52. The number of fused-ring (bicyclic) bond motifs is 1. The van der Waals surface area contributed by atoms with Crippen molar-refractivity contribution in [2.75, 3.05) is 0 Å². The molecule has 3 nitrogen and oxygen atoms in total. The predicted octanol–water partition coefficient (Wildman–Crippen LogP) is 2.52. The Kier molecular flexibility index (Phi) is 2.30. The molecule has 0 unspecified atom stereocenters. The Morgan fingerprint density at radius 1 is 1.38 bits per heavy atom. The molecule has 0 fully saturated rings. The first-order chi connectivity index (χ1) is 7.50. The van der Waals surface area contributed by atoms with Gasteiger partial charge >= 0.3 is 5.97 Å². The van der Waals surface area contributed by atoms with Gasteiger partial charge < -0.3 is 5.11 Å². The molecule has 0 saturated carbocycles. The normalized spacial score (nSPS) is 10.7. The average Bonchev–Trinajstić information content (AvgIpc) is 2.25. The fourth-order valence-corrected chi connectivity index (χ4v) is 1.47. The fraction of sp³-hybridized carbons (Fsp3) is 0.0909. The summed E-state index contributed by atoms with van der Waals surface area (Å²) >= 11 is 0. The first kappa shape index (κ1) is 10.5. The largest absolute Gasteiger partial charge is 0.477 e. The number of hydrogen-bond donors (Lipinski definition) is 1. The molecule has 1 N–H and O–H groups in total. The number of pyridine rings is 1. The second-order valence-electron chi connectivity index (χ2n) is 3.39. The molecule has 2 rings (SSSR count). The highest BCUT2D eigenvalue weighted by atomic mass is 19.1. The van der Waals surface area contributed by atoms with E-state index in [1.54, 1.807) is 0 Å². The summed E-state index contributed by atoms with van der Waals surface area (Å²) in [6.45, 7) is 1.43. The van der Waals surface area contributed by atoms with E-state index in [9.17, 15) is 13.6 Å². The summed E-state index contributed by atoms with van der Waals surface area (Å²) < 4.78 is 27.0. The van der Waals surface area contributed by atoms with Gasteiger partial charge in [0.15, 0.2) is 0 Å². The molecule has 0 aliphatic carbocycles. The van der Waals surface area contributed by atoms with Gasteiger partial charge in [-0.25, -0.2) is 18.6 Å². The van der Waals surface area contributed by atoms with Crippen LogP contribution in [-0.2, 0) is 0 Å². The van der Waals surface area contributed by atoms with E-state index in [4.69, 9.17) is 5.11 Å². The average molecular weight is 223 g/mol. The van der Waals surface area contributed by atoms with Crippen LogP contribution in [-0.4, -0.2) is 16.1 Å². The number of aryl methyl sites for hydroxylation is 1. The van der Waals surface area contributed by atoms with Crippen LogP contribution in [0, 0.1) is 18.6 Å². The molecule has 0 aliphatic heterocycles. The van der Waals surface area contributed by atoms with Crippen LogP contribution < -0.4 is 0 Å². The maximum atomic E-state index is 13.6. The van der Waals surface area contributed by atoms with Crippen molar-refractivity contribution in [1.82, 2.24) is 4.98 Å².